The van der Waals surface area contributed by atoms with E-state index in [9.17, 15) is 33.9 Å². The van der Waals surface area contributed by atoms with Crippen molar-refractivity contribution in [3.63, 3.8) is 0 Å². The molecule has 3 aliphatic rings. The van der Waals surface area contributed by atoms with E-state index in [4.69, 9.17) is 11.5 Å². The van der Waals surface area contributed by atoms with Gasteiger partial charge in [-0.25, -0.2) is 4.98 Å². The SMILES string of the molecule is Cc1ncsc1-c1ccc([C@H](C)NC(=O)[C@@H]2C[C@@H](O)CN2C(=O)[C@@H](NC(=O)CCCCCc2cccc(CC[C@H](CCC(N)=O)NC(=O)[C@@H]3Cc4cccc5c4N3C(=O)[C@@H](N)CC5)c2)C(C)(C)C)cc1. The predicted molar refractivity (Wildman–Crippen MR) is 271 cm³/mol. The average Bonchev–Trinajstić information content (AvgIpc) is 4.04. The highest BCUT2D eigenvalue weighted by molar-refractivity contribution is 7.13. The van der Waals surface area contributed by atoms with Crippen molar-refractivity contribution in [1.82, 2.24) is 25.8 Å². The van der Waals surface area contributed by atoms with Gasteiger partial charge >= 0.3 is 0 Å². The molecule has 0 unspecified atom stereocenters. The van der Waals surface area contributed by atoms with E-state index in [1.165, 1.54) is 4.90 Å². The van der Waals surface area contributed by atoms with Crippen LogP contribution in [0.15, 0.2) is 72.2 Å². The van der Waals surface area contributed by atoms with Crippen molar-refractivity contribution in [1.29, 1.82) is 0 Å². The number of amides is 6. The van der Waals surface area contributed by atoms with Gasteiger partial charge in [-0.2, -0.15) is 0 Å². The van der Waals surface area contributed by atoms with Crippen LogP contribution in [0.25, 0.3) is 10.4 Å². The third kappa shape index (κ3) is 12.7. The molecule has 1 fully saturated rings. The molecule has 7 rings (SSSR count). The number of anilines is 1. The number of benzene rings is 3. The van der Waals surface area contributed by atoms with E-state index in [2.05, 4.69) is 33.1 Å². The zero-order valence-electron chi connectivity index (χ0n) is 41.2. The van der Waals surface area contributed by atoms with Crippen LogP contribution in [-0.4, -0.2) is 93.3 Å². The molecule has 6 amide bonds. The molecule has 7 atom stereocenters. The van der Waals surface area contributed by atoms with Crippen LogP contribution >= 0.6 is 11.3 Å². The van der Waals surface area contributed by atoms with Gasteiger partial charge in [0.1, 0.15) is 18.1 Å². The Morgan fingerprint density at radius 1 is 0.871 bits per heavy atom. The number of primary amides is 1. The molecular formula is C54H70N8O7S. The second-order valence-electron chi connectivity index (χ2n) is 20.5. The fraction of sp³-hybridized carbons (Fsp3) is 0.500. The van der Waals surface area contributed by atoms with E-state index < -0.39 is 47.5 Å². The summed E-state index contributed by atoms with van der Waals surface area (Å²) in [6.45, 7) is 9.49. The summed E-state index contributed by atoms with van der Waals surface area (Å²) in [6, 6.07) is 18.3. The number of aryl methyl sites for hydroxylation is 4. The summed E-state index contributed by atoms with van der Waals surface area (Å²) in [5.41, 5.74) is 20.9. The number of hydrogen-bond acceptors (Lipinski definition) is 10. The van der Waals surface area contributed by atoms with Crippen LogP contribution in [0.4, 0.5) is 5.69 Å². The second-order valence-corrected chi connectivity index (χ2v) is 21.4. The first-order valence-corrected chi connectivity index (χ1v) is 25.7. The van der Waals surface area contributed by atoms with Crippen molar-refractivity contribution in [2.45, 2.75) is 160 Å². The van der Waals surface area contributed by atoms with E-state index in [0.717, 1.165) is 68.9 Å². The minimum absolute atomic E-state index is 0.00103. The summed E-state index contributed by atoms with van der Waals surface area (Å²) in [6.07, 6.45) is 5.83. The summed E-state index contributed by atoms with van der Waals surface area (Å²) in [5.74, 6) is -1.96. The molecule has 1 saturated heterocycles. The lowest BCUT2D eigenvalue weighted by atomic mass is 9.85. The Kier molecular flexibility index (Phi) is 16.9. The lowest BCUT2D eigenvalue weighted by Gasteiger charge is -2.35. The summed E-state index contributed by atoms with van der Waals surface area (Å²) >= 11 is 1.57. The lowest BCUT2D eigenvalue weighted by molar-refractivity contribution is -0.144. The zero-order valence-corrected chi connectivity index (χ0v) is 42.0. The van der Waals surface area contributed by atoms with Crippen LogP contribution in [0.3, 0.4) is 0 Å². The lowest BCUT2D eigenvalue weighted by Crippen LogP contribution is -2.57. The van der Waals surface area contributed by atoms with Crippen molar-refractivity contribution in [2.75, 3.05) is 11.4 Å². The van der Waals surface area contributed by atoms with Crippen molar-refractivity contribution < 1.29 is 33.9 Å². The number of unbranched alkanes of at least 4 members (excludes halogenated alkanes) is 2. The predicted octanol–water partition coefficient (Wildman–Crippen LogP) is 5.51. The van der Waals surface area contributed by atoms with Gasteiger partial charge in [0.25, 0.3) is 0 Å². The van der Waals surface area contributed by atoms with Crippen LogP contribution in [0.5, 0.6) is 0 Å². The minimum Gasteiger partial charge on any atom is -0.391 e. The number of para-hydroxylation sites is 1. The molecule has 0 spiro atoms. The highest BCUT2D eigenvalue weighted by Gasteiger charge is 2.45. The smallest absolute Gasteiger partial charge is 0.246 e. The fourth-order valence-corrected chi connectivity index (χ4v) is 10.9. The number of carbonyl (C=O) groups excluding carboxylic acids is 6. The molecule has 16 heteroatoms. The number of nitrogens with zero attached hydrogens (tertiary/aromatic N) is 3. The quantitative estimate of drug-likeness (QED) is 0.0613. The molecule has 3 aliphatic heterocycles. The van der Waals surface area contributed by atoms with Gasteiger partial charge in [-0.3, -0.25) is 33.7 Å². The highest BCUT2D eigenvalue weighted by Crippen LogP contribution is 2.39. The topological polar surface area (TPSA) is 230 Å². The van der Waals surface area contributed by atoms with Crippen LogP contribution in [0, 0.1) is 12.3 Å². The molecule has 4 heterocycles. The number of likely N-dealkylation sites (tertiary alicyclic amines) is 1. The minimum atomic E-state index is -0.905. The Morgan fingerprint density at radius 2 is 1.57 bits per heavy atom. The Balaban J connectivity index is 0.872. The second kappa shape index (κ2) is 22.8. The first-order chi connectivity index (χ1) is 33.4. The largest absolute Gasteiger partial charge is 0.391 e. The number of hydrogen-bond donors (Lipinski definition) is 6. The van der Waals surface area contributed by atoms with E-state index in [1.54, 1.807) is 16.2 Å². The van der Waals surface area contributed by atoms with Gasteiger partial charge in [0.2, 0.25) is 35.4 Å². The number of nitrogens with two attached hydrogens (primary N) is 2. The average molecular weight is 975 g/mol. The molecule has 3 aromatic carbocycles. The normalized spacial score (nSPS) is 20.0. The van der Waals surface area contributed by atoms with E-state index >= 15 is 0 Å². The Bertz CT molecular complexity index is 2540. The Hall–Kier alpha value is -5.97. The van der Waals surface area contributed by atoms with Crippen LogP contribution < -0.4 is 32.3 Å². The number of carbonyl (C=O) groups is 6. The standard InChI is InChI=1S/C54H70N8O7S/c1-32(36-18-20-38(21-19-36)48-33(2)57-31-70-48)58-50(66)43-29-41(63)30-61(43)53(69)49(54(3,4)5)60-46(65)16-8-6-7-11-34-12-9-13-35(27-34)17-23-40(24-26-45(56)64)59-51(67)44-28-39-15-10-14-37-22-25-42(55)52(68)62(44)47(37)39/h9-10,12-15,18-21,27,31-32,40-44,49,63H,6-8,11,16-17,22-26,28-30,55H2,1-5H3,(H2,56,64)(H,58,66)(H,59,67)(H,60,65)/t32-,40+,41+,42-,43-,44-,49+/m0/s1. The number of thiazole rings is 1. The molecule has 70 heavy (non-hydrogen) atoms. The van der Waals surface area contributed by atoms with E-state index in [0.29, 0.717) is 44.9 Å². The van der Waals surface area contributed by atoms with Crippen molar-refractivity contribution in [3.05, 3.63) is 106 Å². The number of nitrogens with one attached hydrogen (secondary N) is 3. The van der Waals surface area contributed by atoms with Gasteiger partial charge in [0.05, 0.1) is 40.0 Å². The number of β-amino-alcohol motifs (C(OH)–C–C–N with tert-alkyl or cyclic N) is 1. The number of aromatic nitrogens is 1. The van der Waals surface area contributed by atoms with Gasteiger partial charge in [0.15, 0.2) is 0 Å². The summed E-state index contributed by atoms with van der Waals surface area (Å²) < 4.78 is 0. The zero-order chi connectivity index (χ0) is 50.3. The Morgan fingerprint density at radius 3 is 2.27 bits per heavy atom. The molecule has 0 radical (unpaired) electrons. The van der Waals surface area contributed by atoms with Crippen molar-refractivity contribution in [2.24, 2.45) is 16.9 Å². The van der Waals surface area contributed by atoms with Crippen LogP contribution in [-0.2, 0) is 54.5 Å². The maximum absolute atomic E-state index is 14.2. The maximum atomic E-state index is 14.2. The first-order valence-electron chi connectivity index (χ1n) is 24.8. The van der Waals surface area contributed by atoms with Crippen molar-refractivity contribution >= 4 is 52.5 Å². The Labute approximate surface area is 415 Å². The molecule has 0 bridgehead atoms. The maximum Gasteiger partial charge on any atom is 0.246 e. The van der Waals surface area contributed by atoms with E-state index in [-0.39, 0.29) is 61.5 Å². The summed E-state index contributed by atoms with van der Waals surface area (Å²) in [7, 11) is 0. The molecule has 15 nitrogen and oxygen atoms in total. The number of aliphatic hydroxyl groups is 1. The number of aliphatic hydroxyl groups excluding tert-OH is 1. The van der Waals surface area contributed by atoms with E-state index in [1.807, 2.05) is 94.7 Å². The van der Waals surface area contributed by atoms with Gasteiger partial charge in [-0.15, -0.1) is 11.3 Å². The number of rotatable bonds is 20. The van der Waals surface area contributed by atoms with Gasteiger partial charge in [-0.1, -0.05) is 93.9 Å². The monoisotopic (exact) mass is 975 g/mol. The van der Waals surface area contributed by atoms with Crippen LogP contribution in [0.2, 0.25) is 0 Å². The van der Waals surface area contributed by atoms with Gasteiger partial charge in [0, 0.05) is 38.3 Å². The van der Waals surface area contributed by atoms with Crippen molar-refractivity contribution in [3.8, 4) is 10.4 Å². The summed E-state index contributed by atoms with van der Waals surface area (Å²) in [4.78, 5) is 89.0. The molecule has 1 aromatic heterocycles. The van der Waals surface area contributed by atoms with Crippen LogP contribution in [0.1, 0.15) is 125 Å². The molecule has 0 aliphatic carbocycles. The summed E-state index contributed by atoms with van der Waals surface area (Å²) in [5, 5.41) is 19.9. The van der Waals surface area contributed by atoms with Gasteiger partial charge < -0.3 is 37.4 Å². The fourth-order valence-electron chi connectivity index (χ4n) is 10.1. The molecule has 0 saturated carbocycles. The molecule has 8 N–H and O–H groups in total. The molecule has 374 valence electrons. The highest BCUT2D eigenvalue weighted by atomic mass is 32.1. The molecule has 4 aromatic rings. The third-order valence-electron chi connectivity index (χ3n) is 14.0. The molecular weight excluding hydrogens is 905 g/mol. The first kappa shape index (κ1) is 51.9. The third-order valence-corrected chi connectivity index (χ3v) is 15.0. The van der Waals surface area contributed by atoms with Gasteiger partial charge in [-0.05, 0) is 104 Å².